The Hall–Kier alpha value is -3.24. The standard InChI is InChI=1S/C23H22N6O2S2/c1-28-14-24-27-23(28)32-13-20(30)25-16-10-8-15(9-11-16)22(31)29-12-4-6-18(29)21-26-17-5-2-3-7-19(17)33-21/h2-3,5,7-11,14,18H,4,6,12-13H2,1H3,(H,25,30). The van der Waals surface area contributed by atoms with E-state index in [0.717, 1.165) is 34.6 Å². The van der Waals surface area contributed by atoms with Crippen molar-refractivity contribution in [2.24, 2.45) is 7.05 Å². The van der Waals surface area contributed by atoms with Crippen LogP contribution in [0.15, 0.2) is 60.0 Å². The minimum Gasteiger partial charge on any atom is -0.329 e. The predicted octanol–water partition coefficient (Wildman–Crippen LogP) is 4.13. The van der Waals surface area contributed by atoms with Gasteiger partial charge in [0, 0.05) is 24.8 Å². The van der Waals surface area contributed by atoms with E-state index in [9.17, 15) is 9.59 Å². The van der Waals surface area contributed by atoms with Gasteiger partial charge in [0.25, 0.3) is 5.91 Å². The van der Waals surface area contributed by atoms with E-state index in [2.05, 4.69) is 21.6 Å². The van der Waals surface area contributed by atoms with Crippen molar-refractivity contribution in [1.82, 2.24) is 24.6 Å². The van der Waals surface area contributed by atoms with Crippen LogP contribution in [-0.4, -0.2) is 48.8 Å². The molecule has 8 nitrogen and oxygen atoms in total. The van der Waals surface area contributed by atoms with Crippen LogP contribution in [0.3, 0.4) is 0 Å². The van der Waals surface area contributed by atoms with Crippen molar-refractivity contribution < 1.29 is 9.59 Å². The third-order valence-corrected chi connectivity index (χ3v) is 7.70. The lowest BCUT2D eigenvalue weighted by Gasteiger charge is -2.23. The van der Waals surface area contributed by atoms with E-state index < -0.39 is 0 Å². The van der Waals surface area contributed by atoms with Crippen molar-refractivity contribution in [3.05, 3.63) is 65.4 Å². The van der Waals surface area contributed by atoms with E-state index >= 15 is 0 Å². The van der Waals surface area contributed by atoms with Crippen LogP contribution in [0.1, 0.15) is 34.2 Å². The van der Waals surface area contributed by atoms with Gasteiger partial charge in [-0.1, -0.05) is 23.9 Å². The normalized spacial score (nSPS) is 15.8. The number of aryl methyl sites for hydroxylation is 1. The zero-order valence-corrected chi connectivity index (χ0v) is 19.6. The summed E-state index contributed by atoms with van der Waals surface area (Å²) in [7, 11) is 1.83. The molecule has 1 fully saturated rings. The SMILES string of the molecule is Cn1cnnc1SCC(=O)Nc1ccc(C(=O)N2CCCC2c2nc3ccccc3s2)cc1. The molecule has 10 heteroatoms. The first-order chi connectivity index (χ1) is 16.1. The van der Waals surface area contributed by atoms with Crippen LogP contribution in [0.25, 0.3) is 10.2 Å². The van der Waals surface area contributed by atoms with Crippen molar-refractivity contribution in [2.75, 3.05) is 17.6 Å². The highest BCUT2D eigenvalue weighted by molar-refractivity contribution is 7.99. The molecule has 1 N–H and O–H groups in total. The van der Waals surface area contributed by atoms with E-state index in [1.807, 2.05) is 30.1 Å². The fraction of sp³-hybridized carbons (Fsp3) is 0.261. The highest BCUT2D eigenvalue weighted by Crippen LogP contribution is 2.37. The van der Waals surface area contributed by atoms with Gasteiger partial charge in [0.1, 0.15) is 11.3 Å². The number of para-hydroxylation sites is 1. The van der Waals surface area contributed by atoms with Gasteiger partial charge in [-0.15, -0.1) is 21.5 Å². The van der Waals surface area contributed by atoms with Gasteiger partial charge in [-0.2, -0.15) is 0 Å². The third kappa shape index (κ3) is 4.62. The summed E-state index contributed by atoms with van der Waals surface area (Å²) >= 11 is 2.98. The molecule has 3 heterocycles. The number of aromatic nitrogens is 4. The summed E-state index contributed by atoms with van der Waals surface area (Å²) in [5.41, 5.74) is 2.24. The minimum absolute atomic E-state index is 0.00640. The van der Waals surface area contributed by atoms with Crippen molar-refractivity contribution in [3.8, 4) is 0 Å². The Morgan fingerprint density at radius 2 is 2.00 bits per heavy atom. The number of fused-ring (bicyclic) bond motifs is 1. The summed E-state index contributed by atoms with van der Waals surface area (Å²) < 4.78 is 2.91. The molecule has 1 unspecified atom stereocenters. The molecule has 0 spiro atoms. The van der Waals surface area contributed by atoms with Gasteiger partial charge in [0.05, 0.1) is 22.0 Å². The lowest BCUT2D eigenvalue weighted by Crippen LogP contribution is -2.30. The van der Waals surface area contributed by atoms with Gasteiger partial charge in [-0.05, 0) is 49.2 Å². The average molecular weight is 479 g/mol. The molecular formula is C23H22N6O2S2. The molecule has 4 aromatic rings. The molecule has 1 atom stereocenters. The van der Waals surface area contributed by atoms with E-state index in [-0.39, 0.29) is 23.6 Å². The first-order valence-electron chi connectivity index (χ1n) is 10.6. The first-order valence-corrected chi connectivity index (χ1v) is 12.4. The number of carbonyl (C=O) groups is 2. The molecule has 2 aromatic heterocycles. The fourth-order valence-corrected chi connectivity index (χ4v) is 5.69. The van der Waals surface area contributed by atoms with Gasteiger partial charge in [0.15, 0.2) is 5.16 Å². The molecule has 0 aliphatic carbocycles. The molecule has 168 valence electrons. The summed E-state index contributed by atoms with van der Waals surface area (Å²) in [6, 6.07) is 15.1. The quantitative estimate of drug-likeness (QED) is 0.419. The number of nitrogens with zero attached hydrogens (tertiary/aromatic N) is 5. The van der Waals surface area contributed by atoms with Crippen LogP contribution in [0.2, 0.25) is 0 Å². The second-order valence-electron chi connectivity index (χ2n) is 7.82. The van der Waals surface area contributed by atoms with Crippen molar-refractivity contribution in [1.29, 1.82) is 0 Å². The van der Waals surface area contributed by atoms with Crippen LogP contribution in [0.5, 0.6) is 0 Å². The van der Waals surface area contributed by atoms with Crippen LogP contribution in [0, 0.1) is 0 Å². The van der Waals surface area contributed by atoms with Gasteiger partial charge >= 0.3 is 0 Å². The molecule has 0 bridgehead atoms. The number of hydrogen-bond donors (Lipinski definition) is 1. The topological polar surface area (TPSA) is 93.0 Å². The number of likely N-dealkylation sites (tertiary alicyclic amines) is 1. The number of amides is 2. The fourth-order valence-electron chi connectivity index (χ4n) is 3.89. The summed E-state index contributed by atoms with van der Waals surface area (Å²) in [5.74, 6) is 0.0789. The average Bonchev–Trinajstić information content (AvgIpc) is 3.56. The highest BCUT2D eigenvalue weighted by atomic mass is 32.2. The number of nitrogens with one attached hydrogen (secondary N) is 1. The molecule has 1 aliphatic heterocycles. The lowest BCUT2D eigenvalue weighted by atomic mass is 10.1. The Morgan fingerprint density at radius 3 is 2.76 bits per heavy atom. The van der Waals surface area contributed by atoms with Gasteiger partial charge in [-0.25, -0.2) is 4.98 Å². The Morgan fingerprint density at radius 1 is 1.18 bits per heavy atom. The van der Waals surface area contributed by atoms with Crippen LogP contribution in [0.4, 0.5) is 5.69 Å². The summed E-state index contributed by atoms with van der Waals surface area (Å²) in [4.78, 5) is 32.2. The van der Waals surface area contributed by atoms with E-state index in [1.165, 1.54) is 11.8 Å². The highest BCUT2D eigenvalue weighted by Gasteiger charge is 2.32. The largest absolute Gasteiger partial charge is 0.329 e. The van der Waals surface area contributed by atoms with E-state index in [4.69, 9.17) is 4.98 Å². The number of rotatable bonds is 6. The van der Waals surface area contributed by atoms with Crippen molar-refractivity contribution >= 4 is 50.8 Å². The molecule has 0 saturated carbocycles. The third-order valence-electron chi connectivity index (χ3n) is 5.53. The van der Waals surface area contributed by atoms with Gasteiger partial charge in [-0.3, -0.25) is 9.59 Å². The maximum Gasteiger partial charge on any atom is 0.254 e. The maximum atomic E-state index is 13.2. The predicted molar refractivity (Wildman–Crippen MR) is 129 cm³/mol. The Bertz CT molecular complexity index is 1270. The number of hydrogen-bond acceptors (Lipinski definition) is 7. The Labute approximate surface area is 199 Å². The van der Waals surface area contributed by atoms with Gasteiger partial charge < -0.3 is 14.8 Å². The minimum atomic E-state index is -0.141. The first kappa shape index (κ1) is 21.6. The van der Waals surface area contributed by atoms with E-state index in [1.54, 1.807) is 46.5 Å². The smallest absolute Gasteiger partial charge is 0.254 e. The van der Waals surface area contributed by atoms with E-state index in [0.29, 0.717) is 16.4 Å². The lowest BCUT2D eigenvalue weighted by molar-refractivity contribution is -0.113. The van der Waals surface area contributed by atoms with Crippen LogP contribution >= 0.6 is 23.1 Å². The van der Waals surface area contributed by atoms with Crippen LogP contribution < -0.4 is 5.32 Å². The molecule has 5 rings (SSSR count). The molecule has 1 aliphatic rings. The number of thioether (sulfide) groups is 1. The second kappa shape index (κ2) is 9.32. The van der Waals surface area contributed by atoms with Crippen molar-refractivity contribution in [2.45, 2.75) is 24.0 Å². The second-order valence-corrected chi connectivity index (χ2v) is 9.82. The number of carbonyl (C=O) groups excluding carboxylic acids is 2. The maximum absolute atomic E-state index is 13.2. The summed E-state index contributed by atoms with van der Waals surface area (Å²) in [5, 5.41) is 12.3. The zero-order valence-electron chi connectivity index (χ0n) is 18.0. The summed E-state index contributed by atoms with van der Waals surface area (Å²) in [6.07, 6.45) is 3.48. The Kier molecular flexibility index (Phi) is 6.10. The molecule has 2 aromatic carbocycles. The van der Waals surface area contributed by atoms with Crippen molar-refractivity contribution in [3.63, 3.8) is 0 Å². The molecule has 2 amide bonds. The molecule has 0 radical (unpaired) electrons. The Balaban J connectivity index is 1.23. The number of benzene rings is 2. The zero-order chi connectivity index (χ0) is 22.8. The number of thiazole rings is 1. The molecule has 1 saturated heterocycles. The number of anilines is 1. The molecule has 33 heavy (non-hydrogen) atoms. The summed E-state index contributed by atoms with van der Waals surface area (Å²) in [6.45, 7) is 0.719. The van der Waals surface area contributed by atoms with Gasteiger partial charge in [0.2, 0.25) is 5.91 Å². The monoisotopic (exact) mass is 478 g/mol. The van der Waals surface area contributed by atoms with Crippen LogP contribution in [-0.2, 0) is 11.8 Å². The molecular weight excluding hydrogens is 456 g/mol.